The number of carboxylic acid groups (broad SMARTS) is 3. The van der Waals surface area contributed by atoms with Crippen molar-refractivity contribution in [3.05, 3.63) is 52.1 Å². The van der Waals surface area contributed by atoms with Crippen molar-refractivity contribution >= 4 is 29.5 Å². The minimum atomic E-state index is -3.05. The van der Waals surface area contributed by atoms with E-state index in [0.29, 0.717) is 41.5 Å². The van der Waals surface area contributed by atoms with Gasteiger partial charge in [0, 0.05) is 34.0 Å². The number of imidazole rings is 1. The zero-order valence-electron chi connectivity index (χ0n) is 22.3. The van der Waals surface area contributed by atoms with Gasteiger partial charge in [0.05, 0.1) is 5.69 Å². The highest BCUT2D eigenvalue weighted by Gasteiger charge is 2.65. The van der Waals surface area contributed by atoms with Gasteiger partial charge in [-0.25, -0.2) is 4.98 Å². The fourth-order valence-corrected chi connectivity index (χ4v) is 6.45. The van der Waals surface area contributed by atoms with Gasteiger partial charge in [-0.1, -0.05) is 71.7 Å². The van der Waals surface area contributed by atoms with E-state index in [1.54, 1.807) is 12.1 Å². The lowest BCUT2D eigenvalue weighted by Gasteiger charge is -2.47. The largest absolute Gasteiger partial charge is 0.480 e. The predicted molar refractivity (Wildman–Crippen MR) is 140 cm³/mol. The minimum absolute atomic E-state index is 0.117. The number of carbonyl (C=O) groups is 3. The molecule has 2 atom stereocenters. The molecule has 0 fully saturated rings. The van der Waals surface area contributed by atoms with E-state index in [-0.39, 0.29) is 18.9 Å². The highest BCUT2D eigenvalue weighted by atomic mass is 35.5. The summed E-state index contributed by atoms with van der Waals surface area (Å²) in [5, 5.41) is 31.2. The molecule has 1 aliphatic rings. The smallest absolute Gasteiger partial charge is 0.333 e. The number of aromatic nitrogens is 2. The molecule has 2 unspecified atom stereocenters. The molecule has 3 rings (SSSR count). The summed E-state index contributed by atoms with van der Waals surface area (Å²) in [5.74, 6) is -6.43. The van der Waals surface area contributed by atoms with Crippen LogP contribution in [0.15, 0.2) is 24.3 Å². The summed E-state index contributed by atoms with van der Waals surface area (Å²) < 4.78 is 1.87. The van der Waals surface area contributed by atoms with Gasteiger partial charge in [0.25, 0.3) is 5.41 Å². The van der Waals surface area contributed by atoms with Crippen LogP contribution in [0.1, 0.15) is 95.9 Å². The molecule has 1 heterocycles. The molecule has 0 spiro atoms. The molecule has 0 radical (unpaired) electrons. The van der Waals surface area contributed by atoms with Gasteiger partial charge < -0.3 is 19.9 Å². The van der Waals surface area contributed by atoms with Crippen LogP contribution in [0.3, 0.4) is 0 Å². The maximum atomic E-state index is 12.6. The van der Waals surface area contributed by atoms with E-state index in [4.69, 9.17) is 16.6 Å². The van der Waals surface area contributed by atoms with Gasteiger partial charge in [-0.3, -0.25) is 14.4 Å². The van der Waals surface area contributed by atoms with Gasteiger partial charge in [0.1, 0.15) is 5.82 Å². The molecule has 1 aromatic carbocycles. The first-order valence-corrected chi connectivity index (χ1v) is 13.2. The van der Waals surface area contributed by atoms with Gasteiger partial charge in [-0.05, 0) is 42.9 Å². The van der Waals surface area contributed by atoms with E-state index in [1.165, 1.54) is 0 Å². The highest BCUT2D eigenvalue weighted by Crippen LogP contribution is 2.57. The monoisotopic (exact) mass is 532 g/mol. The molecule has 0 aliphatic heterocycles. The van der Waals surface area contributed by atoms with Crippen LogP contribution in [0.4, 0.5) is 0 Å². The van der Waals surface area contributed by atoms with E-state index >= 15 is 0 Å². The number of benzene rings is 1. The first-order valence-electron chi connectivity index (χ1n) is 12.8. The van der Waals surface area contributed by atoms with Crippen molar-refractivity contribution in [3.8, 4) is 0 Å². The number of halogens is 1. The van der Waals surface area contributed by atoms with E-state index in [2.05, 4.69) is 13.8 Å². The summed E-state index contributed by atoms with van der Waals surface area (Å²) in [7, 11) is 0. The maximum absolute atomic E-state index is 12.6. The summed E-state index contributed by atoms with van der Waals surface area (Å²) in [5.41, 5.74) is -2.08. The van der Waals surface area contributed by atoms with Crippen molar-refractivity contribution in [1.29, 1.82) is 0 Å². The standard InChI is InChI=1S/C28H37ClN2O6/c1-7-17-14-19(28(23(32)33,24(34)35)25(36)37)20-21(27(17,8-2)9-3)30-22(26(4,5)6)31(20)15-16-10-12-18(29)13-11-16/h10-13,17,19H,7-9,14-15H2,1-6H3,(H,32,33)(H,34,35)(H,36,37). The van der Waals surface area contributed by atoms with Crippen molar-refractivity contribution in [2.24, 2.45) is 11.3 Å². The van der Waals surface area contributed by atoms with E-state index in [1.807, 2.05) is 44.4 Å². The normalized spacial score (nSPS) is 19.3. The molecule has 1 aliphatic carbocycles. The van der Waals surface area contributed by atoms with Gasteiger partial charge in [-0.15, -0.1) is 0 Å². The average molecular weight is 533 g/mol. The Bertz CT molecular complexity index is 1150. The lowest BCUT2D eigenvalue weighted by molar-refractivity contribution is -0.178. The molecule has 202 valence electrons. The Kier molecular flexibility index (Phi) is 7.85. The lowest BCUT2D eigenvalue weighted by atomic mass is 9.55. The van der Waals surface area contributed by atoms with Crippen LogP contribution in [-0.2, 0) is 31.8 Å². The Labute approximate surface area is 222 Å². The van der Waals surface area contributed by atoms with Crippen LogP contribution >= 0.6 is 11.6 Å². The number of aliphatic carboxylic acids is 3. The molecular weight excluding hydrogens is 496 g/mol. The van der Waals surface area contributed by atoms with Gasteiger partial charge in [-0.2, -0.15) is 0 Å². The number of rotatable bonds is 9. The van der Waals surface area contributed by atoms with Crippen molar-refractivity contribution in [3.63, 3.8) is 0 Å². The first-order chi connectivity index (χ1) is 17.2. The number of nitrogens with zero attached hydrogens (tertiary/aromatic N) is 2. The quantitative estimate of drug-likeness (QED) is 0.353. The summed E-state index contributed by atoms with van der Waals surface area (Å²) in [6, 6.07) is 7.19. The number of carboxylic acids is 3. The third-order valence-corrected chi connectivity index (χ3v) is 8.58. The van der Waals surface area contributed by atoms with Crippen molar-refractivity contribution in [1.82, 2.24) is 9.55 Å². The SMILES string of the molecule is CCC1CC(C(C(=O)O)(C(=O)O)C(=O)O)c2c(nc(C(C)(C)C)n2Cc2ccc(Cl)cc2)C1(CC)CC. The van der Waals surface area contributed by atoms with Crippen LogP contribution in [0.5, 0.6) is 0 Å². The second-order valence-electron chi connectivity index (χ2n) is 11.1. The molecule has 0 saturated carbocycles. The molecular formula is C28H37ClN2O6. The fraction of sp³-hybridized carbons (Fsp3) is 0.571. The van der Waals surface area contributed by atoms with Crippen LogP contribution in [0, 0.1) is 11.3 Å². The minimum Gasteiger partial charge on any atom is -0.480 e. The summed E-state index contributed by atoms with van der Waals surface area (Å²) in [6.45, 7) is 12.3. The Morgan fingerprint density at radius 2 is 1.51 bits per heavy atom. The van der Waals surface area contributed by atoms with Crippen LogP contribution in [-0.4, -0.2) is 42.8 Å². The van der Waals surface area contributed by atoms with E-state index in [0.717, 1.165) is 5.56 Å². The van der Waals surface area contributed by atoms with Crippen LogP contribution < -0.4 is 0 Å². The molecule has 9 heteroatoms. The third-order valence-electron chi connectivity index (χ3n) is 8.32. The van der Waals surface area contributed by atoms with Crippen molar-refractivity contribution in [2.75, 3.05) is 0 Å². The Balaban J connectivity index is 2.51. The van der Waals surface area contributed by atoms with Gasteiger partial charge in [0.15, 0.2) is 0 Å². The highest BCUT2D eigenvalue weighted by molar-refractivity contribution is 6.30. The predicted octanol–water partition coefficient (Wildman–Crippen LogP) is 5.69. The second-order valence-corrected chi connectivity index (χ2v) is 11.5. The molecule has 37 heavy (non-hydrogen) atoms. The molecule has 8 nitrogen and oxygen atoms in total. The molecule has 0 bridgehead atoms. The zero-order valence-corrected chi connectivity index (χ0v) is 23.1. The molecule has 0 saturated heterocycles. The molecule has 0 amide bonds. The lowest BCUT2D eigenvalue weighted by Crippen LogP contribution is -2.55. The fourth-order valence-electron chi connectivity index (χ4n) is 6.33. The Morgan fingerprint density at radius 3 is 1.92 bits per heavy atom. The summed E-state index contributed by atoms with van der Waals surface area (Å²) in [6.07, 6.45) is 2.18. The molecule has 2 aromatic rings. The van der Waals surface area contributed by atoms with Gasteiger partial charge >= 0.3 is 17.9 Å². The molecule has 3 N–H and O–H groups in total. The average Bonchev–Trinajstić information content (AvgIpc) is 3.20. The van der Waals surface area contributed by atoms with E-state index < -0.39 is 40.1 Å². The topological polar surface area (TPSA) is 130 Å². The Morgan fingerprint density at radius 1 is 1.00 bits per heavy atom. The number of hydrogen-bond donors (Lipinski definition) is 3. The summed E-state index contributed by atoms with van der Waals surface area (Å²) >= 11 is 6.09. The maximum Gasteiger partial charge on any atom is 0.333 e. The Hall–Kier alpha value is -2.87. The van der Waals surface area contributed by atoms with Crippen LogP contribution in [0.2, 0.25) is 5.02 Å². The zero-order chi connectivity index (χ0) is 27.9. The van der Waals surface area contributed by atoms with Crippen molar-refractivity contribution in [2.45, 2.75) is 90.5 Å². The van der Waals surface area contributed by atoms with Crippen LogP contribution in [0.25, 0.3) is 0 Å². The summed E-state index contributed by atoms with van der Waals surface area (Å²) in [4.78, 5) is 43.0. The van der Waals surface area contributed by atoms with Crippen molar-refractivity contribution < 1.29 is 29.7 Å². The first kappa shape index (κ1) is 28.7. The van der Waals surface area contributed by atoms with Gasteiger partial charge in [0.2, 0.25) is 0 Å². The second kappa shape index (κ2) is 10.1. The van der Waals surface area contributed by atoms with E-state index in [9.17, 15) is 29.7 Å². The number of hydrogen-bond acceptors (Lipinski definition) is 4. The number of fused-ring (bicyclic) bond motifs is 1. The molecule has 1 aromatic heterocycles. The third kappa shape index (κ3) is 4.43.